The van der Waals surface area contributed by atoms with Crippen LogP contribution in [0.25, 0.3) is 0 Å². The van der Waals surface area contributed by atoms with Crippen LogP contribution in [0, 0.1) is 5.82 Å². The summed E-state index contributed by atoms with van der Waals surface area (Å²) >= 11 is 8.29. The fourth-order valence-electron chi connectivity index (χ4n) is 0.980. The third kappa shape index (κ3) is 3.15. The largest absolute Gasteiger partial charge is 0.207 e. The minimum Gasteiger partial charge on any atom is -0.207 e. The minimum atomic E-state index is -0.224. The highest BCUT2D eigenvalue weighted by atomic mass is 35.5. The van der Waals surface area contributed by atoms with Gasteiger partial charge in [0.2, 0.25) is 9.62 Å². The van der Waals surface area contributed by atoms with E-state index in [9.17, 15) is 4.39 Å². The fourth-order valence-corrected chi connectivity index (χ4v) is 2.56. The second-order valence-electron chi connectivity index (χ2n) is 2.75. The van der Waals surface area contributed by atoms with E-state index in [0.29, 0.717) is 15.4 Å². The maximum Gasteiger partial charge on any atom is 0.204 e. The summed E-state index contributed by atoms with van der Waals surface area (Å²) in [6.45, 7) is 0. The van der Waals surface area contributed by atoms with Crippen molar-refractivity contribution in [2.75, 3.05) is 0 Å². The number of halogens is 2. The van der Waals surface area contributed by atoms with E-state index in [2.05, 4.69) is 9.36 Å². The second-order valence-corrected chi connectivity index (χ2v) is 5.02. The second kappa shape index (κ2) is 4.92. The molecule has 78 valence electrons. The Labute approximate surface area is 99.7 Å². The molecule has 6 heteroatoms. The van der Waals surface area contributed by atoms with Crippen LogP contribution in [0.5, 0.6) is 0 Å². The van der Waals surface area contributed by atoms with Crippen LogP contribution in [0.4, 0.5) is 4.39 Å². The lowest BCUT2D eigenvalue weighted by Crippen LogP contribution is -1.82. The molecule has 0 saturated carbocycles. The van der Waals surface area contributed by atoms with E-state index in [0.717, 1.165) is 5.56 Å². The molecule has 2 aromatic rings. The Bertz CT molecular complexity index is 444. The van der Waals surface area contributed by atoms with Crippen molar-refractivity contribution in [3.8, 4) is 0 Å². The molecular weight excluding hydrogens is 255 g/mol. The molecule has 0 unspecified atom stereocenters. The van der Waals surface area contributed by atoms with Crippen molar-refractivity contribution < 1.29 is 4.39 Å². The van der Waals surface area contributed by atoms with Gasteiger partial charge in [-0.2, -0.15) is 9.36 Å². The third-order valence-electron chi connectivity index (χ3n) is 1.66. The average molecular weight is 261 g/mol. The van der Waals surface area contributed by atoms with Crippen LogP contribution in [0.3, 0.4) is 0 Å². The van der Waals surface area contributed by atoms with Crippen LogP contribution in [-0.2, 0) is 5.75 Å². The van der Waals surface area contributed by atoms with Crippen LogP contribution in [0.1, 0.15) is 5.56 Å². The molecule has 0 saturated heterocycles. The predicted molar refractivity (Wildman–Crippen MR) is 60.9 cm³/mol. The predicted octanol–water partition coefficient (Wildman–Crippen LogP) is 3.62. The van der Waals surface area contributed by atoms with Gasteiger partial charge in [0.05, 0.1) is 0 Å². The van der Waals surface area contributed by atoms with Crippen molar-refractivity contribution in [3.63, 3.8) is 0 Å². The summed E-state index contributed by atoms with van der Waals surface area (Å²) in [4.78, 5) is 4.01. The summed E-state index contributed by atoms with van der Waals surface area (Å²) in [7, 11) is 0. The molecule has 0 N–H and O–H groups in total. The molecule has 0 bridgehead atoms. The highest BCUT2D eigenvalue weighted by molar-refractivity contribution is 7.98. The van der Waals surface area contributed by atoms with Crippen LogP contribution < -0.4 is 0 Å². The summed E-state index contributed by atoms with van der Waals surface area (Å²) in [6.07, 6.45) is 0. The zero-order valence-corrected chi connectivity index (χ0v) is 9.87. The van der Waals surface area contributed by atoms with Gasteiger partial charge in [0.25, 0.3) is 0 Å². The van der Waals surface area contributed by atoms with Crippen LogP contribution in [0.15, 0.2) is 29.4 Å². The van der Waals surface area contributed by atoms with Gasteiger partial charge in [0, 0.05) is 5.75 Å². The number of nitrogens with zero attached hydrogens (tertiary/aromatic N) is 2. The van der Waals surface area contributed by atoms with Crippen molar-refractivity contribution in [1.29, 1.82) is 0 Å². The zero-order chi connectivity index (χ0) is 10.7. The van der Waals surface area contributed by atoms with Gasteiger partial charge in [0.1, 0.15) is 5.82 Å². The molecule has 0 aliphatic carbocycles. The standard InChI is InChI=1S/C9H6ClFN2S2/c10-8-12-9(13-15-8)14-5-6-1-3-7(11)4-2-6/h1-4H,5H2. The molecule has 0 aliphatic rings. The number of hydrogen-bond donors (Lipinski definition) is 0. The Morgan fingerprint density at radius 1 is 1.33 bits per heavy atom. The molecular formula is C9H6ClFN2S2. The van der Waals surface area contributed by atoms with Gasteiger partial charge in [-0.05, 0) is 40.8 Å². The zero-order valence-electron chi connectivity index (χ0n) is 7.48. The quantitative estimate of drug-likeness (QED) is 0.789. The fraction of sp³-hybridized carbons (Fsp3) is 0.111. The molecule has 0 spiro atoms. The Morgan fingerprint density at radius 3 is 2.67 bits per heavy atom. The lowest BCUT2D eigenvalue weighted by Gasteiger charge is -1.97. The lowest BCUT2D eigenvalue weighted by molar-refractivity contribution is 0.627. The molecule has 15 heavy (non-hydrogen) atoms. The van der Waals surface area contributed by atoms with Gasteiger partial charge in [-0.15, -0.1) is 0 Å². The number of benzene rings is 1. The summed E-state index contributed by atoms with van der Waals surface area (Å²) < 4.78 is 17.1. The maximum atomic E-state index is 12.6. The normalized spacial score (nSPS) is 10.5. The molecule has 2 rings (SSSR count). The highest BCUT2D eigenvalue weighted by Crippen LogP contribution is 2.23. The summed E-state index contributed by atoms with van der Waals surface area (Å²) in [5, 5.41) is 0.661. The first-order chi connectivity index (χ1) is 7.24. The van der Waals surface area contributed by atoms with Gasteiger partial charge in [-0.3, -0.25) is 0 Å². The molecule has 1 heterocycles. The van der Waals surface area contributed by atoms with Crippen LogP contribution in [0.2, 0.25) is 4.47 Å². The molecule has 2 nitrogen and oxygen atoms in total. The van der Waals surface area contributed by atoms with Crippen molar-refractivity contribution in [3.05, 3.63) is 40.1 Å². The van der Waals surface area contributed by atoms with Crippen molar-refractivity contribution in [2.45, 2.75) is 10.9 Å². The number of hydrogen-bond acceptors (Lipinski definition) is 4. The molecule has 0 amide bonds. The molecule has 0 atom stereocenters. The van der Waals surface area contributed by atoms with Gasteiger partial charge < -0.3 is 0 Å². The summed E-state index contributed by atoms with van der Waals surface area (Å²) in [5.41, 5.74) is 1.03. The SMILES string of the molecule is Fc1ccc(CSc2nsc(Cl)n2)cc1. The Morgan fingerprint density at radius 2 is 2.07 bits per heavy atom. The van der Waals surface area contributed by atoms with E-state index in [1.54, 1.807) is 12.1 Å². The number of thioether (sulfide) groups is 1. The Hall–Kier alpha value is -0.650. The van der Waals surface area contributed by atoms with Crippen molar-refractivity contribution in [1.82, 2.24) is 9.36 Å². The van der Waals surface area contributed by atoms with Crippen molar-refractivity contribution in [2.24, 2.45) is 0 Å². The van der Waals surface area contributed by atoms with Crippen LogP contribution >= 0.6 is 34.9 Å². The Balaban J connectivity index is 1.96. The Kier molecular flexibility index (Phi) is 3.56. The first-order valence-corrected chi connectivity index (χ1v) is 6.24. The van der Waals surface area contributed by atoms with E-state index in [1.807, 2.05) is 0 Å². The van der Waals surface area contributed by atoms with Crippen molar-refractivity contribution >= 4 is 34.9 Å². The molecule has 1 aromatic carbocycles. The molecule has 1 aromatic heterocycles. The average Bonchev–Trinajstić information content (AvgIpc) is 2.64. The van der Waals surface area contributed by atoms with Gasteiger partial charge >= 0.3 is 0 Å². The summed E-state index contributed by atoms with van der Waals surface area (Å²) in [6, 6.07) is 6.38. The molecule has 0 aliphatic heterocycles. The molecule has 0 fully saturated rings. The number of rotatable bonds is 3. The van der Waals surface area contributed by atoms with E-state index in [1.165, 1.54) is 35.4 Å². The van der Waals surface area contributed by atoms with Gasteiger partial charge in [0.15, 0.2) is 0 Å². The van der Waals surface area contributed by atoms with Crippen LogP contribution in [-0.4, -0.2) is 9.36 Å². The smallest absolute Gasteiger partial charge is 0.204 e. The lowest BCUT2D eigenvalue weighted by atomic mass is 10.2. The summed E-state index contributed by atoms with van der Waals surface area (Å²) in [5.74, 6) is 0.492. The number of aromatic nitrogens is 2. The maximum absolute atomic E-state index is 12.6. The van der Waals surface area contributed by atoms with E-state index < -0.39 is 0 Å². The van der Waals surface area contributed by atoms with E-state index >= 15 is 0 Å². The highest BCUT2D eigenvalue weighted by Gasteiger charge is 2.02. The third-order valence-corrected chi connectivity index (χ3v) is 3.50. The first kappa shape index (κ1) is 10.9. The minimum absolute atomic E-state index is 0.224. The van der Waals surface area contributed by atoms with E-state index in [4.69, 9.17) is 11.6 Å². The molecule has 0 radical (unpaired) electrons. The monoisotopic (exact) mass is 260 g/mol. The van der Waals surface area contributed by atoms with Gasteiger partial charge in [-0.1, -0.05) is 23.9 Å². The topological polar surface area (TPSA) is 25.8 Å². The van der Waals surface area contributed by atoms with E-state index in [-0.39, 0.29) is 5.82 Å². The van der Waals surface area contributed by atoms with Gasteiger partial charge in [-0.25, -0.2) is 4.39 Å². The first-order valence-electron chi connectivity index (χ1n) is 4.10.